The molecule has 2 unspecified atom stereocenters. The van der Waals surface area contributed by atoms with Crippen LogP contribution in [0.2, 0.25) is 0 Å². The van der Waals surface area contributed by atoms with Crippen LogP contribution in [-0.4, -0.2) is 34.2 Å². The molecule has 2 aromatic rings. The lowest BCUT2D eigenvalue weighted by Crippen LogP contribution is -2.39. The SMILES string of the molecule is CC(O)C1CCCN(c2ccc([N+](=O)[O-])c3cnccc23)C1. The summed E-state index contributed by atoms with van der Waals surface area (Å²) >= 11 is 0. The summed E-state index contributed by atoms with van der Waals surface area (Å²) in [6, 6.07) is 5.18. The van der Waals surface area contributed by atoms with Crippen molar-refractivity contribution in [1.82, 2.24) is 4.98 Å². The molecule has 0 spiro atoms. The third kappa shape index (κ3) is 2.62. The summed E-state index contributed by atoms with van der Waals surface area (Å²) in [4.78, 5) is 17.0. The number of fused-ring (bicyclic) bond motifs is 1. The molecule has 1 aromatic heterocycles. The average molecular weight is 301 g/mol. The Morgan fingerprint density at radius 3 is 2.95 bits per heavy atom. The highest BCUT2D eigenvalue weighted by molar-refractivity contribution is 5.99. The van der Waals surface area contributed by atoms with Crippen LogP contribution in [0.25, 0.3) is 10.8 Å². The average Bonchev–Trinajstić information content (AvgIpc) is 2.53. The second-order valence-corrected chi connectivity index (χ2v) is 5.87. The summed E-state index contributed by atoms with van der Waals surface area (Å²) in [6.45, 7) is 3.50. The molecule has 6 nitrogen and oxygen atoms in total. The van der Waals surface area contributed by atoms with Crippen molar-refractivity contribution >= 4 is 22.1 Å². The van der Waals surface area contributed by atoms with Crippen LogP contribution >= 0.6 is 0 Å². The van der Waals surface area contributed by atoms with Gasteiger partial charge in [-0.2, -0.15) is 0 Å². The van der Waals surface area contributed by atoms with Crippen molar-refractivity contribution in [3.63, 3.8) is 0 Å². The number of aliphatic hydroxyl groups excluding tert-OH is 1. The van der Waals surface area contributed by atoms with Crippen LogP contribution in [0.15, 0.2) is 30.6 Å². The van der Waals surface area contributed by atoms with E-state index in [4.69, 9.17) is 0 Å². The Hall–Kier alpha value is -2.21. The van der Waals surface area contributed by atoms with Gasteiger partial charge in [-0.15, -0.1) is 0 Å². The largest absolute Gasteiger partial charge is 0.393 e. The monoisotopic (exact) mass is 301 g/mol. The van der Waals surface area contributed by atoms with Gasteiger partial charge in [-0.1, -0.05) is 0 Å². The Morgan fingerprint density at radius 2 is 2.23 bits per heavy atom. The van der Waals surface area contributed by atoms with Crippen LogP contribution in [-0.2, 0) is 0 Å². The molecular formula is C16H19N3O3. The minimum absolute atomic E-state index is 0.0796. The van der Waals surface area contributed by atoms with E-state index >= 15 is 0 Å². The Kier molecular flexibility index (Phi) is 3.94. The van der Waals surface area contributed by atoms with Crippen molar-refractivity contribution in [2.75, 3.05) is 18.0 Å². The van der Waals surface area contributed by atoms with Gasteiger partial charge in [-0.25, -0.2) is 0 Å². The van der Waals surface area contributed by atoms with Gasteiger partial charge in [-0.05, 0) is 31.9 Å². The van der Waals surface area contributed by atoms with E-state index in [1.165, 1.54) is 0 Å². The first-order chi connectivity index (χ1) is 10.6. The fourth-order valence-electron chi connectivity index (χ4n) is 3.22. The van der Waals surface area contributed by atoms with Gasteiger partial charge in [0.1, 0.15) is 0 Å². The number of hydrogen-bond donors (Lipinski definition) is 1. The van der Waals surface area contributed by atoms with Gasteiger partial charge >= 0.3 is 0 Å². The summed E-state index contributed by atoms with van der Waals surface area (Å²) in [5.74, 6) is 0.237. The minimum Gasteiger partial charge on any atom is -0.393 e. The zero-order chi connectivity index (χ0) is 15.7. The number of aliphatic hydroxyl groups is 1. The summed E-state index contributed by atoms with van der Waals surface area (Å²) in [6.07, 6.45) is 4.90. The van der Waals surface area contributed by atoms with Gasteiger partial charge in [0.15, 0.2) is 0 Å². The Morgan fingerprint density at radius 1 is 1.41 bits per heavy atom. The first-order valence-electron chi connectivity index (χ1n) is 7.52. The normalized spacial score (nSPS) is 20.1. The molecule has 1 saturated heterocycles. The number of benzene rings is 1. The van der Waals surface area contributed by atoms with Crippen molar-refractivity contribution in [2.45, 2.75) is 25.9 Å². The highest BCUT2D eigenvalue weighted by atomic mass is 16.6. The number of nitro groups is 1. The lowest BCUT2D eigenvalue weighted by molar-refractivity contribution is -0.383. The van der Waals surface area contributed by atoms with Crippen LogP contribution < -0.4 is 4.90 Å². The molecule has 3 rings (SSSR count). The zero-order valence-electron chi connectivity index (χ0n) is 12.5. The third-order valence-electron chi connectivity index (χ3n) is 4.45. The highest BCUT2D eigenvalue weighted by Gasteiger charge is 2.25. The van der Waals surface area contributed by atoms with E-state index in [9.17, 15) is 15.2 Å². The molecule has 0 amide bonds. The van der Waals surface area contributed by atoms with Gasteiger partial charge in [0, 0.05) is 48.5 Å². The maximum Gasteiger partial charge on any atom is 0.278 e. The van der Waals surface area contributed by atoms with Gasteiger partial charge in [0.2, 0.25) is 0 Å². The summed E-state index contributed by atoms with van der Waals surface area (Å²) in [5.41, 5.74) is 1.06. The first kappa shape index (κ1) is 14.7. The molecular weight excluding hydrogens is 282 g/mol. The maximum atomic E-state index is 11.2. The van der Waals surface area contributed by atoms with Crippen molar-refractivity contribution in [1.29, 1.82) is 0 Å². The number of non-ortho nitro benzene ring substituents is 1. The zero-order valence-corrected chi connectivity index (χ0v) is 12.5. The second kappa shape index (κ2) is 5.88. The molecule has 0 aliphatic carbocycles. The van der Waals surface area contributed by atoms with Gasteiger partial charge in [0.25, 0.3) is 5.69 Å². The highest BCUT2D eigenvalue weighted by Crippen LogP contribution is 2.35. The number of rotatable bonds is 3. The first-order valence-corrected chi connectivity index (χ1v) is 7.52. The van der Waals surface area contributed by atoms with Crippen LogP contribution in [0.5, 0.6) is 0 Å². The Bertz CT molecular complexity index is 702. The fourth-order valence-corrected chi connectivity index (χ4v) is 3.22. The topological polar surface area (TPSA) is 79.5 Å². The lowest BCUT2D eigenvalue weighted by atomic mass is 9.92. The predicted octanol–water partition coefficient (Wildman–Crippen LogP) is 2.74. The van der Waals surface area contributed by atoms with Crippen molar-refractivity contribution < 1.29 is 10.0 Å². The number of aromatic nitrogens is 1. The van der Waals surface area contributed by atoms with Gasteiger partial charge in [-0.3, -0.25) is 15.1 Å². The molecule has 2 atom stereocenters. The fraction of sp³-hybridized carbons (Fsp3) is 0.438. The number of nitrogens with zero attached hydrogens (tertiary/aromatic N) is 3. The quantitative estimate of drug-likeness (QED) is 0.696. The smallest absolute Gasteiger partial charge is 0.278 e. The molecule has 22 heavy (non-hydrogen) atoms. The summed E-state index contributed by atoms with van der Waals surface area (Å²) < 4.78 is 0. The molecule has 1 fully saturated rings. The molecule has 0 bridgehead atoms. The maximum absolute atomic E-state index is 11.2. The van der Waals surface area contributed by atoms with E-state index in [0.29, 0.717) is 5.39 Å². The Balaban J connectivity index is 2.04. The third-order valence-corrected chi connectivity index (χ3v) is 4.45. The lowest BCUT2D eigenvalue weighted by Gasteiger charge is -2.36. The van der Waals surface area contributed by atoms with E-state index in [1.54, 1.807) is 18.5 Å². The predicted molar refractivity (Wildman–Crippen MR) is 85.0 cm³/mol. The van der Waals surface area contributed by atoms with Crippen molar-refractivity contribution in [3.8, 4) is 0 Å². The molecule has 0 saturated carbocycles. The van der Waals surface area contributed by atoms with E-state index in [0.717, 1.165) is 37.0 Å². The van der Waals surface area contributed by atoms with E-state index < -0.39 is 0 Å². The molecule has 1 aliphatic rings. The standard InChI is InChI=1S/C16H19N3O3/c1-11(20)12-3-2-8-18(10-12)15-4-5-16(19(21)22)14-9-17-7-6-13(14)15/h4-7,9,11-12,20H,2-3,8,10H2,1H3. The molecule has 116 valence electrons. The van der Waals surface area contributed by atoms with Crippen molar-refractivity contribution in [3.05, 3.63) is 40.7 Å². The van der Waals surface area contributed by atoms with Crippen LogP contribution in [0.1, 0.15) is 19.8 Å². The second-order valence-electron chi connectivity index (χ2n) is 5.87. The van der Waals surface area contributed by atoms with Crippen LogP contribution in [0, 0.1) is 16.0 Å². The van der Waals surface area contributed by atoms with Crippen LogP contribution in [0.4, 0.5) is 11.4 Å². The molecule has 1 aliphatic heterocycles. The molecule has 2 heterocycles. The number of anilines is 1. The number of piperidine rings is 1. The molecule has 1 N–H and O–H groups in total. The van der Waals surface area contributed by atoms with Gasteiger partial charge < -0.3 is 10.0 Å². The number of nitro benzene ring substituents is 1. The Labute approximate surface area is 128 Å². The van der Waals surface area contributed by atoms with E-state index in [2.05, 4.69) is 9.88 Å². The van der Waals surface area contributed by atoms with E-state index in [-0.39, 0.29) is 22.6 Å². The summed E-state index contributed by atoms with van der Waals surface area (Å²) in [5, 5.41) is 22.4. The molecule has 0 radical (unpaired) electrons. The minimum atomic E-state index is -0.372. The number of pyridine rings is 1. The number of hydrogen-bond acceptors (Lipinski definition) is 5. The van der Waals surface area contributed by atoms with Gasteiger partial charge in [0.05, 0.1) is 16.4 Å². The van der Waals surface area contributed by atoms with Crippen LogP contribution in [0.3, 0.4) is 0 Å². The van der Waals surface area contributed by atoms with E-state index in [1.807, 2.05) is 19.1 Å². The molecule has 6 heteroatoms. The molecule has 1 aromatic carbocycles. The summed E-state index contributed by atoms with van der Waals surface area (Å²) in [7, 11) is 0. The van der Waals surface area contributed by atoms with Crippen molar-refractivity contribution in [2.24, 2.45) is 5.92 Å².